The first-order valence-electron chi connectivity index (χ1n) is 4.19. The zero-order valence-electron chi connectivity index (χ0n) is 7.07. The predicted molar refractivity (Wildman–Crippen MR) is 45.9 cm³/mol. The van der Waals surface area contributed by atoms with Crippen LogP contribution >= 0.6 is 0 Å². The number of hydrogen-bond acceptors (Lipinski definition) is 3. The maximum absolute atomic E-state index is 9.29. The highest BCUT2D eigenvalue weighted by atomic mass is 16.3. The summed E-state index contributed by atoms with van der Waals surface area (Å²) in [5, 5.41) is 16.5. The van der Waals surface area contributed by atoms with Gasteiger partial charge in [0, 0.05) is 13.2 Å². The molecule has 0 spiro atoms. The van der Waals surface area contributed by atoms with Crippen LogP contribution < -0.4 is 5.32 Å². The van der Waals surface area contributed by atoms with Crippen LogP contribution in [-0.4, -0.2) is 27.0 Å². The monoisotopic (exact) mass is 167 g/mol. The zero-order chi connectivity index (χ0) is 8.55. The van der Waals surface area contributed by atoms with Crippen molar-refractivity contribution in [2.45, 2.75) is 25.0 Å². The molecule has 0 bridgehead atoms. The lowest BCUT2D eigenvalue weighted by Crippen LogP contribution is -2.42. The Labute approximate surface area is 71.2 Å². The molecule has 1 aromatic rings. The number of aryl methyl sites for hydroxylation is 1. The van der Waals surface area contributed by atoms with Crippen LogP contribution in [0.5, 0.6) is 0 Å². The minimum atomic E-state index is -0.176. The molecule has 0 saturated heterocycles. The van der Waals surface area contributed by atoms with Gasteiger partial charge in [0.15, 0.2) is 0 Å². The molecular formula is C8H13N3O. The normalized spacial score (nSPS) is 28.2. The van der Waals surface area contributed by atoms with Gasteiger partial charge in [0.2, 0.25) is 0 Å². The van der Waals surface area contributed by atoms with Crippen LogP contribution in [0, 0.1) is 0 Å². The first-order chi connectivity index (χ1) is 5.75. The lowest BCUT2D eigenvalue weighted by molar-refractivity contribution is 0.0786. The molecule has 1 saturated carbocycles. The van der Waals surface area contributed by atoms with Crippen LogP contribution in [0.25, 0.3) is 0 Å². The maximum atomic E-state index is 9.29. The summed E-state index contributed by atoms with van der Waals surface area (Å²) in [5.74, 6) is 0. The number of nitrogens with zero attached hydrogens (tertiary/aromatic N) is 2. The highest BCUT2D eigenvalue weighted by Crippen LogP contribution is 2.23. The van der Waals surface area contributed by atoms with Gasteiger partial charge in [-0.15, -0.1) is 0 Å². The molecule has 2 N–H and O–H groups in total. The zero-order valence-corrected chi connectivity index (χ0v) is 7.07. The van der Waals surface area contributed by atoms with Crippen LogP contribution in [0.15, 0.2) is 12.4 Å². The molecule has 66 valence electrons. The topological polar surface area (TPSA) is 50.1 Å². The Balaban J connectivity index is 1.95. The molecule has 1 aliphatic rings. The second-order valence-corrected chi connectivity index (χ2v) is 3.30. The number of anilines is 1. The Morgan fingerprint density at radius 2 is 2.50 bits per heavy atom. The molecule has 2 rings (SSSR count). The molecule has 2 atom stereocenters. The first-order valence-corrected chi connectivity index (χ1v) is 4.19. The lowest BCUT2D eigenvalue weighted by atomic mass is 9.89. The van der Waals surface area contributed by atoms with Gasteiger partial charge in [-0.2, -0.15) is 5.10 Å². The Hall–Kier alpha value is -1.03. The molecule has 2 unspecified atom stereocenters. The Morgan fingerprint density at radius 3 is 2.92 bits per heavy atom. The SMILES string of the molecule is Cn1cc(NC2CCC2O)cn1. The minimum absolute atomic E-state index is 0.176. The van der Waals surface area contributed by atoms with Crippen molar-refractivity contribution in [2.75, 3.05) is 5.32 Å². The van der Waals surface area contributed by atoms with E-state index in [0.29, 0.717) is 0 Å². The smallest absolute Gasteiger partial charge is 0.0742 e. The highest BCUT2D eigenvalue weighted by molar-refractivity contribution is 5.40. The Bertz CT molecular complexity index is 271. The van der Waals surface area contributed by atoms with E-state index in [1.807, 2.05) is 13.2 Å². The third-order valence-corrected chi connectivity index (χ3v) is 2.29. The number of hydrogen-bond donors (Lipinski definition) is 2. The fraction of sp³-hybridized carbons (Fsp3) is 0.625. The van der Waals surface area contributed by atoms with E-state index in [4.69, 9.17) is 0 Å². The number of aliphatic hydroxyl groups is 1. The molecule has 0 aromatic carbocycles. The molecule has 1 heterocycles. The third-order valence-electron chi connectivity index (χ3n) is 2.29. The summed E-state index contributed by atoms with van der Waals surface area (Å²) in [4.78, 5) is 0. The van der Waals surface area contributed by atoms with Crippen molar-refractivity contribution in [3.63, 3.8) is 0 Å². The summed E-state index contributed by atoms with van der Waals surface area (Å²) in [5.41, 5.74) is 0.987. The summed E-state index contributed by atoms with van der Waals surface area (Å²) in [6.45, 7) is 0. The number of aliphatic hydroxyl groups excluding tert-OH is 1. The van der Waals surface area contributed by atoms with Gasteiger partial charge in [0.25, 0.3) is 0 Å². The van der Waals surface area contributed by atoms with Crippen molar-refractivity contribution in [1.82, 2.24) is 9.78 Å². The van der Waals surface area contributed by atoms with Crippen LogP contribution in [0.1, 0.15) is 12.8 Å². The predicted octanol–water partition coefficient (Wildman–Crippen LogP) is 0.355. The van der Waals surface area contributed by atoms with E-state index in [1.54, 1.807) is 10.9 Å². The minimum Gasteiger partial charge on any atom is -0.391 e. The molecule has 0 amide bonds. The van der Waals surface area contributed by atoms with Crippen molar-refractivity contribution < 1.29 is 5.11 Å². The first kappa shape index (κ1) is 7.61. The van der Waals surface area contributed by atoms with E-state index in [-0.39, 0.29) is 12.1 Å². The second kappa shape index (κ2) is 2.79. The van der Waals surface area contributed by atoms with Gasteiger partial charge in [-0.25, -0.2) is 0 Å². The van der Waals surface area contributed by atoms with Gasteiger partial charge in [0.05, 0.1) is 24.0 Å². The van der Waals surface area contributed by atoms with Crippen LogP contribution in [0.4, 0.5) is 5.69 Å². The van der Waals surface area contributed by atoms with Crippen LogP contribution in [-0.2, 0) is 7.05 Å². The van der Waals surface area contributed by atoms with E-state index < -0.39 is 0 Å². The van der Waals surface area contributed by atoms with E-state index >= 15 is 0 Å². The molecule has 0 radical (unpaired) electrons. The Morgan fingerprint density at radius 1 is 1.67 bits per heavy atom. The Kier molecular flexibility index (Phi) is 1.77. The van der Waals surface area contributed by atoms with E-state index in [0.717, 1.165) is 18.5 Å². The average Bonchev–Trinajstić information content (AvgIpc) is 2.44. The third kappa shape index (κ3) is 1.30. The summed E-state index contributed by atoms with van der Waals surface area (Å²) in [6, 6.07) is 0.231. The highest BCUT2D eigenvalue weighted by Gasteiger charge is 2.28. The van der Waals surface area contributed by atoms with E-state index in [1.165, 1.54) is 0 Å². The molecule has 1 aliphatic carbocycles. The average molecular weight is 167 g/mol. The molecule has 4 nitrogen and oxygen atoms in total. The summed E-state index contributed by atoms with van der Waals surface area (Å²) < 4.78 is 1.74. The van der Waals surface area contributed by atoms with Crippen molar-refractivity contribution >= 4 is 5.69 Å². The molecule has 1 fully saturated rings. The fourth-order valence-corrected chi connectivity index (χ4v) is 1.36. The summed E-state index contributed by atoms with van der Waals surface area (Å²) >= 11 is 0. The molecule has 4 heteroatoms. The molecule has 1 aromatic heterocycles. The quantitative estimate of drug-likeness (QED) is 0.668. The summed E-state index contributed by atoms with van der Waals surface area (Å²) in [7, 11) is 1.88. The van der Waals surface area contributed by atoms with Crippen molar-refractivity contribution in [3.05, 3.63) is 12.4 Å². The summed E-state index contributed by atoms with van der Waals surface area (Å²) in [6.07, 6.45) is 5.47. The van der Waals surface area contributed by atoms with Gasteiger partial charge >= 0.3 is 0 Å². The number of nitrogens with one attached hydrogen (secondary N) is 1. The van der Waals surface area contributed by atoms with Crippen molar-refractivity contribution in [1.29, 1.82) is 0 Å². The van der Waals surface area contributed by atoms with Crippen LogP contribution in [0.3, 0.4) is 0 Å². The van der Waals surface area contributed by atoms with Crippen molar-refractivity contribution in [3.8, 4) is 0 Å². The van der Waals surface area contributed by atoms with Gasteiger partial charge in [-0.1, -0.05) is 0 Å². The van der Waals surface area contributed by atoms with Crippen molar-refractivity contribution in [2.24, 2.45) is 7.05 Å². The second-order valence-electron chi connectivity index (χ2n) is 3.30. The number of rotatable bonds is 2. The standard InChI is InChI=1S/C8H13N3O/c1-11-5-6(4-9-11)10-7-2-3-8(7)12/h4-5,7-8,10,12H,2-3H2,1H3. The molecule has 12 heavy (non-hydrogen) atoms. The van der Waals surface area contributed by atoms with Gasteiger partial charge in [-0.05, 0) is 12.8 Å². The number of aromatic nitrogens is 2. The maximum Gasteiger partial charge on any atom is 0.0742 e. The largest absolute Gasteiger partial charge is 0.391 e. The molecule has 0 aliphatic heterocycles. The van der Waals surface area contributed by atoms with Gasteiger partial charge in [-0.3, -0.25) is 4.68 Å². The van der Waals surface area contributed by atoms with E-state index in [9.17, 15) is 5.11 Å². The fourth-order valence-electron chi connectivity index (χ4n) is 1.36. The molecular weight excluding hydrogens is 154 g/mol. The van der Waals surface area contributed by atoms with E-state index in [2.05, 4.69) is 10.4 Å². The van der Waals surface area contributed by atoms with Gasteiger partial charge < -0.3 is 10.4 Å². The lowest BCUT2D eigenvalue weighted by Gasteiger charge is -2.33. The van der Waals surface area contributed by atoms with Crippen LogP contribution in [0.2, 0.25) is 0 Å². The van der Waals surface area contributed by atoms with Gasteiger partial charge in [0.1, 0.15) is 0 Å².